The first kappa shape index (κ1) is 30.4. The van der Waals surface area contributed by atoms with E-state index < -0.39 is 5.91 Å². The van der Waals surface area contributed by atoms with Crippen LogP contribution >= 0.6 is 0 Å². The summed E-state index contributed by atoms with van der Waals surface area (Å²) in [7, 11) is 4.40. The van der Waals surface area contributed by atoms with Gasteiger partial charge in [0.15, 0.2) is 11.5 Å². The molecule has 0 radical (unpaired) electrons. The number of carbonyl (C=O) groups is 2. The van der Waals surface area contributed by atoms with Crippen molar-refractivity contribution in [2.45, 2.75) is 13.3 Å². The zero-order valence-electron chi connectivity index (χ0n) is 24.5. The minimum Gasteiger partial charge on any atom is -0.493 e. The van der Waals surface area contributed by atoms with Gasteiger partial charge in [0.1, 0.15) is 0 Å². The molecule has 0 bridgehead atoms. The third-order valence-corrected chi connectivity index (χ3v) is 6.57. The van der Waals surface area contributed by atoms with Crippen LogP contribution in [0.15, 0.2) is 96.0 Å². The van der Waals surface area contributed by atoms with Gasteiger partial charge in [-0.3, -0.25) is 14.9 Å². The number of methoxy groups -OCH3 is 3. The molecule has 4 rings (SSSR count). The molecule has 0 atom stereocenters. The van der Waals surface area contributed by atoms with E-state index in [0.717, 1.165) is 23.1 Å². The molecule has 0 aliphatic heterocycles. The van der Waals surface area contributed by atoms with Gasteiger partial charge in [-0.05, 0) is 66.4 Å². The molecule has 43 heavy (non-hydrogen) atoms. The summed E-state index contributed by atoms with van der Waals surface area (Å²) in [4.78, 5) is 30.2. The van der Waals surface area contributed by atoms with E-state index in [1.54, 1.807) is 24.3 Å². The number of allylic oxidation sites excluding steroid dienone is 1. The Morgan fingerprint density at radius 3 is 2.12 bits per heavy atom. The maximum absolute atomic E-state index is 13.0. The van der Waals surface area contributed by atoms with Crippen LogP contribution in [0.1, 0.15) is 37.4 Å². The number of guanidine groups is 1. The number of hydrogen-bond acceptors (Lipinski definition) is 6. The van der Waals surface area contributed by atoms with Gasteiger partial charge in [0.2, 0.25) is 11.7 Å². The molecule has 0 aliphatic carbocycles. The molecule has 220 valence electrons. The van der Waals surface area contributed by atoms with Crippen molar-refractivity contribution in [3.05, 3.63) is 119 Å². The highest BCUT2D eigenvalue weighted by Gasteiger charge is 2.17. The summed E-state index contributed by atoms with van der Waals surface area (Å²) in [6, 6.07) is 25.8. The number of aliphatic imine (C=N–C) groups is 1. The number of amides is 2. The van der Waals surface area contributed by atoms with Crippen molar-refractivity contribution in [3.63, 3.8) is 0 Å². The first-order valence-corrected chi connectivity index (χ1v) is 13.5. The van der Waals surface area contributed by atoms with Crippen molar-refractivity contribution in [2.75, 3.05) is 26.6 Å². The number of nitrogens with zero attached hydrogens (tertiary/aromatic N) is 1. The predicted molar refractivity (Wildman–Crippen MR) is 170 cm³/mol. The highest BCUT2D eigenvalue weighted by atomic mass is 16.5. The van der Waals surface area contributed by atoms with Crippen LogP contribution in [0.5, 0.6) is 17.2 Å². The smallest absolute Gasteiger partial charge is 0.258 e. The zero-order chi connectivity index (χ0) is 30.8. The van der Waals surface area contributed by atoms with Gasteiger partial charge in [-0.2, -0.15) is 0 Å². The number of benzene rings is 4. The first-order chi connectivity index (χ1) is 20.8. The Balaban J connectivity index is 1.41. The van der Waals surface area contributed by atoms with E-state index in [-0.39, 0.29) is 17.4 Å². The molecule has 0 heterocycles. The van der Waals surface area contributed by atoms with Gasteiger partial charge in [-0.15, -0.1) is 0 Å². The molecule has 2 amide bonds. The van der Waals surface area contributed by atoms with Gasteiger partial charge in [-0.1, -0.05) is 60.7 Å². The average Bonchev–Trinajstić information content (AvgIpc) is 3.02. The van der Waals surface area contributed by atoms with Gasteiger partial charge in [0, 0.05) is 16.8 Å². The van der Waals surface area contributed by atoms with E-state index in [2.05, 4.69) is 39.9 Å². The van der Waals surface area contributed by atoms with Crippen LogP contribution < -0.4 is 30.6 Å². The Morgan fingerprint density at radius 2 is 1.49 bits per heavy atom. The molecular weight excluding hydrogens is 544 g/mol. The number of rotatable bonds is 10. The molecule has 0 aromatic heterocycles. The van der Waals surface area contributed by atoms with Crippen molar-refractivity contribution in [1.29, 1.82) is 0 Å². The molecule has 0 saturated carbocycles. The van der Waals surface area contributed by atoms with Crippen LogP contribution in [-0.2, 0) is 6.42 Å². The van der Waals surface area contributed by atoms with E-state index in [4.69, 9.17) is 19.9 Å². The second-order valence-electron chi connectivity index (χ2n) is 9.53. The van der Waals surface area contributed by atoms with Crippen LogP contribution in [0.2, 0.25) is 0 Å². The summed E-state index contributed by atoms with van der Waals surface area (Å²) in [6.45, 7) is 1.88. The Hall–Kier alpha value is -5.57. The van der Waals surface area contributed by atoms with Crippen molar-refractivity contribution in [3.8, 4) is 17.2 Å². The van der Waals surface area contributed by atoms with E-state index in [0.29, 0.717) is 34.2 Å². The fourth-order valence-corrected chi connectivity index (χ4v) is 4.26. The highest BCUT2D eigenvalue weighted by molar-refractivity contribution is 6.07. The maximum atomic E-state index is 13.0. The van der Waals surface area contributed by atoms with Crippen molar-refractivity contribution in [2.24, 2.45) is 10.7 Å². The number of anilines is 1. The number of aryl methyl sites for hydroxylation is 1. The van der Waals surface area contributed by atoms with E-state index in [1.165, 1.54) is 33.5 Å². The molecule has 0 fully saturated rings. The predicted octanol–water partition coefficient (Wildman–Crippen LogP) is 5.91. The fourth-order valence-electron chi connectivity index (χ4n) is 4.26. The summed E-state index contributed by atoms with van der Waals surface area (Å²) in [5.41, 5.74) is 10.9. The lowest BCUT2D eigenvalue weighted by Gasteiger charge is -2.14. The maximum Gasteiger partial charge on any atom is 0.258 e. The van der Waals surface area contributed by atoms with Gasteiger partial charge >= 0.3 is 0 Å². The van der Waals surface area contributed by atoms with Gasteiger partial charge < -0.3 is 25.3 Å². The number of ether oxygens (including phenoxy) is 3. The topological polar surface area (TPSA) is 124 Å². The third-order valence-electron chi connectivity index (χ3n) is 6.57. The number of carbonyl (C=O) groups excluding carboxylic acids is 2. The number of nitrogens with two attached hydrogens (primary N) is 1. The van der Waals surface area contributed by atoms with Gasteiger partial charge in [0.05, 0.1) is 27.0 Å². The summed E-state index contributed by atoms with van der Waals surface area (Å²) >= 11 is 0. The number of hydrogen-bond donors (Lipinski definition) is 3. The SMILES string of the molecule is COc1cc(C(=O)NC(N)=Nc2ccc(C)c(NC(=O)c3ccc(CC=Cc4ccccc4)cc3)c2)cc(OC)c1OC. The van der Waals surface area contributed by atoms with E-state index in [9.17, 15) is 9.59 Å². The van der Waals surface area contributed by atoms with Crippen molar-refractivity contribution in [1.82, 2.24) is 5.32 Å². The number of nitrogens with one attached hydrogen (secondary N) is 2. The summed E-state index contributed by atoms with van der Waals surface area (Å²) in [5.74, 6) is 0.132. The molecule has 4 N–H and O–H groups in total. The lowest BCUT2D eigenvalue weighted by Crippen LogP contribution is -2.36. The molecule has 9 nitrogen and oxygen atoms in total. The molecule has 9 heteroatoms. The second-order valence-corrected chi connectivity index (χ2v) is 9.53. The lowest BCUT2D eigenvalue weighted by molar-refractivity contribution is 0.0974. The minimum absolute atomic E-state index is 0.128. The van der Waals surface area contributed by atoms with Crippen LogP contribution in [0, 0.1) is 6.92 Å². The Labute approximate surface area is 251 Å². The molecule has 0 unspecified atom stereocenters. The van der Waals surface area contributed by atoms with Crippen molar-refractivity contribution < 1.29 is 23.8 Å². The van der Waals surface area contributed by atoms with E-state index in [1.807, 2.05) is 43.3 Å². The fraction of sp³-hybridized carbons (Fsp3) is 0.147. The summed E-state index contributed by atoms with van der Waals surface area (Å²) in [5, 5.41) is 5.50. The largest absolute Gasteiger partial charge is 0.493 e. The molecule has 0 aliphatic rings. The summed E-state index contributed by atoms with van der Waals surface area (Å²) < 4.78 is 15.9. The quantitative estimate of drug-likeness (QED) is 0.159. The molecule has 4 aromatic carbocycles. The first-order valence-electron chi connectivity index (χ1n) is 13.5. The highest BCUT2D eigenvalue weighted by Crippen LogP contribution is 2.38. The standard InChI is InChI=1S/C34H34N4O5/c1-22-13-18-27(36-34(35)38-33(40)26-19-29(41-2)31(43-4)30(20-26)42-3)21-28(22)37-32(39)25-16-14-24(15-17-25)12-8-11-23-9-6-5-7-10-23/h5-11,13-21H,12H2,1-4H3,(H,37,39)(H3,35,36,38,40). The molecule has 0 saturated heterocycles. The Bertz CT molecular complexity index is 1620. The van der Waals surface area contributed by atoms with Crippen LogP contribution in [-0.4, -0.2) is 39.1 Å². The third kappa shape index (κ3) is 8.01. The minimum atomic E-state index is -0.514. The summed E-state index contributed by atoms with van der Waals surface area (Å²) in [6.07, 6.45) is 4.93. The van der Waals surface area contributed by atoms with Gasteiger partial charge in [0.25, 0.3) is 11.8 Å². The van der Waals surface area contributed by atoms with Crippen LogP contribution in [0.25, 0.3) is 6.08 Å². The molecular formula is C34H34N4O5. The zero-order valence-corrected chi connectivity index (χ0v) is 24.5. The second kappa shape index (κ2) is 14.4. The van der Waals surface area contributed by atoms with Crippen LogP contribution in [0.3, 0.4) is 0 Å². The molecule has 0 spiro atoms. The Morgan fingerprint density at radius 1 is 0.814 bits per heavy atom. The normalized spacial score (nSPS) is 11.2. The Kier molecular flexibility index (Phi) is 10.1. The lowest BCUT2D eigenvalue weighted by atomic mass is 10.1. The monoisotopic (exact) mass is 578 g/mol. The van der Waals surface area contributed by atoms with Crippen LogP contribution in [0.4, 0.5) is 11.4 Å². The van der Waals surface area contributed by atoms with Gasteiger partial charge in [-0.25, -0.2) is 4.99 Å². The van der Waals surface area contributed by atoms with Crippen molar-refractivity contribution >= 4 is 35.2 Å². The van der Waals surface area contributed by atoms with E-state index >= 15 is 0 Å². The molecule has 4 aromatic rings. The average molecular weight is 579 g/mol.